The number of halogens is 1. The van der Waals surface area contributed by atoms with Gasteiger partial charge in [0.15, 0.2) is 0 Å². The van der Waals surface area contributed by atoms with Gasteiger partial charge in [-0.15, -0.1) is 5.10 Å². The maximum absolute atomic E-state index is 13.2. The van der Waals surface area contributed by atoms with E-state index in [1.54, 1.807) is 11.0 Å². The number of tetrazole rings is 1. The minimum atomic E-state index is -0.199. The predicted molar refractivity (Wildman–Crippen MR) is 105 cm³/mol. The highest BCUT2D eigenvalue weighted by atomic mass is 19.1. The summed E-state index contributed by atoms with van der Waals surface area (Å²) in [6, 6.07) is 15.2. The smallest absolute Gasteiger partial charge is 0.227 e. The van der Waals surface area contributed by atoms with E-state index in [0.29, 0.717) is 12.3 Å². The number of benzene rings is 2. The fourth-order valence-electron chi connectivity index (χ4n) is 4.90. The lowest BCUT2D eigenvalue weighted by atomic mass is 9.85. The molecular weight excluding hydrogens is 369 g/mol. The molecule has 2 aliphatic heterocycles. The summed E-state index contributed by atoms with van der Waals surface area (Å²) in [5.41, 5.74) is 3.05. The predicted octanol–water partition coefficient (Wildman–Crippen LogP) is 3.28. The van der Waals surface area contributed by atoms with Crippen LogP contribution >= 0.6 is 0 Å². The summed E-state index contributed by atoms with van der Waals surface area (Å²) in [6.07, 6.45) is 6.00. The molecule has 29 heavy (non-hydrogen) atoms. The van der Waals surface area contributed by atoms with Gasteiger partial charge in [0, 0.05) is 12.1 Å². The molecule has 0 N–H and O–H groups in total. The lowest BCUT2D eigenvalue weighted by Gasteiger charge is -2.39. The Morgan fingerprint density at radius 1 is 1.00 bits per heavy atom. The second-order valence-electron chi connectivity index (χ2n) is 8.00. The zero-order valence-corrected chi connectivity index (χ0v) is 16.0. The molecule has 2 aliphatic rings. The number of fused-ring (bicyclic) bond motifs is 2. The van der Waals surface area contributed by atoms with Crippen LogP contribution in [0.2, 0.25) is 0 Å². The number of hydrogen-bond donors (Lipinski definition) is 0. The monoisotopic (exact) mass is 391 g/mol. The van der Waals surface area contributed by atoms with Crippen molar-refractivity contribution in [2.24, 2.45) is 0 Å². The van der Waals surface area contributed by atoms with Crippen molar-refractivity contribution in [2.75, 3.05) is 0 Å². The molecular formula is C22H22FN5O. The SMILES string of the molecule is O=C(Cc1ccc(-n2cnnn2)cc1)N1C2CCC1CC(c1ccc(F)cc1)C2. The van der Waals surface area contributed by atoms with Gasteiger partial charge in [-0.3, -0.25) is 4.79 Å². The van der Waals surface area contributed by atoms with E-state index in [9.17, 15) is 9.18 Å². The number of carbonyl (C=O) groups is 1. The maximum atomic E-state index is 13.2. The molecule has 0 aliphatic carbocycles. The van der Waals surface area contributed by atoms with Crippen LogP contribution in [0.4, 0.5) is 4.39 Å². The molecule has 0 saturated carbocycles. The Balaban J connectivity index is 1.26. The van der Waals surface area contributed by atoms with Gasteiger partial charge in [0.2, 0.25) is 5.91 Å². The summed E-state index contributed by atoms with van der Waals surface area (Å²) in [7, 11) is 0. The summed E-state index contributed by atoms with van der Waals surface area (Å²) in [6.45, 7) is 0. The fraction of sp³-hybridized carbons (Fsp3) is 0.364. The average molecular weight is 391 g/mol. The molecule has 1 aromatic heterocycles. The molecule has 3 heterocycles. The van der Waals surface area contributed by atoms with Crippen molar-refractivity contribution in [3.63, 3.8) is 0 Å². The number of carbonyl (C=O) groups excluding carboxylic acids is 1. The molecule has 1 amide bonds. The third-order valence-electron chi connectivity index (χ3n) is 6.27. The van der Waals surface area contributed by atoms with Crippen LogP contribution < -0.4 is 0 Å². The minimum absolute atomic E-state index is 0.199. The third kappa shape index (κ3) is 3.52. The molecule has 2 aromatic carbocycles. The highest BCUT2D eigenvalue weighted by Gasteiger charge is 2.43. The van der Waals surface area contributed by atoms with Crippen molar-refractivity contribution in [2.45, 2.75) is 50.1 Å². The minimum Gasteiger partial charge on any atom is -0.336 e. The van der Waals surface area contributed by atoms with Gasteiger partial charge < -0.3 is 4.90 Å². The van der Waals surface area contributed by atoms with Crippen molar-refractivity contribution in [1.82, 2.24) is 25.1 Å². The van der Waals surface area contributed by atoms with Crippen LogP contribution in [0.3, 0.4) is 0 Å². The molecule has 2 saturated heterocycles. The van der Waals surface area contributed by atoms with Crippen LogP contribution in [0.1, 0.15) is 42.7 Å². The number of aromatic nitrogens is 4. The van der Waals surface area contributed by atoms with Gasteiger partial charge in [-0.05, 0) is 77.4 Å². The molecule has 2 atom stereocenters. The zero-order valence-electron chi connectivity index (χ0n) is 16.0. The normalized spacial score (nSPS) is 23.3. The van der Waals surface area contributed by atoms with E-state index in [1.165, 1.54) is 17.7 Å². The standard InChI is InChI=1S/C22H22FN5O/c23-18-5-3-16(4-6-18)17-12-20-9-10-21(13-17)28(20)22(29)11-15-1-7-19(8-2-15)27-14-24-25-26-27/h1-8,14,17,20-21H,9-13H2. The third-order valence-corrected chi connectivity index (χ3v) is 6.27. The van der Waals surface area contributed by atoms with Crippen molar-refractivity contribution < 1.29 is 9.18 Å². The van der Waals surface area contributed by atoms with Crippen LogP contribution in [0, 0.1) is 5.82 Å². The first-order valence-electron chi connectivity index (χ1n) is 10.1. The molecule has 0 spiro atoms. The van der Waals surface area contributed by atoms with E-state index in [4.69, 9.17) is 0 Å². The summed E-state index contributed by atoms with van der Waals surface area (Å²) in [5, 5.41) is 11.2. The molecule has 0 radical (unpaired) electrons. The number of piperidine rings is 1. The second-order valence-corrected chi connectivity index (χ2v) is 8.00. The zero-order chi connectivity index (χ0) is 19.8. The molecule has 2 unspecified atom stereocenters. The average Bonchev–Trinajstić information content (AvgIpc) is 3.36. The Morgan fingerprint density at radius 3 is 2.31 bits per heavy atom. The quantitative estimate of drug-likeness (QED) is 0.685. The molecule has 6 nitrogen and oxygen atoms in total. The number of rotatable bonds is 4. The van der Waals surface area contributed by atoms with Gasteiger partial charge in [-0.1, -0.05) is 24.3 Å². The maximum Gasteiger partial charge on any atom is 0.227 e. The van der Waals surface area contributed by atoms with Gasteiger partial charge >= 0.3 is 0 Å². The van der Waals surface area contributed by atoms with Gasteiger partial charge in [0.25, 0.3) is 0 Å². The van der Waals surface area contributed by atoms with Crippen molar-refractivity contribution in [1.29, 1.82) is 0 Å². The van der Waals surface area contributed by atoms with E-state index in [2.05, 4.69) is 20.4 Å². The van der Waals surface area contributed by atoms with E-state index in [1.807, 2.05) is 36.4 Å². The molecule has 2 bridgehead atoms. The topological polar surface area (TPSA) is 63.9 Å². The first kappa shape index (κ1) is 18.0. The van der Waals surface area contributed by atoms with Gasteiger partial charge in [-0.2, -0.15) is 0 Å². The number of hydrogen-bond acceptors (Lipinski definition) is 4. The van der Waals surface area contributed by atoms with Gasteiger partial charge in [0.05, 0.1) is 12.1 Å². The molecule has 3 aromatic rings. The van der Waals surface area contributed by atoms with Crippen LogP contribution in [0.25, 0.3) is 5.69 Å². The number of nitrogens with zero attached hydrogens (tertiary/aromatic N) is 5. The summed E-state index contributed by atoms with van der Waals surface area (Å²) >= 11 is 0. The van der Waals surface area contributed by atoms with Crippen molar-refractivity contribution in [3.8, 4) is 5.69 Å². The molecule has 7 heteroatoms. The lowest BCUT2D eigenvalue weighted by Crippen LogP contribution is -2.46. The Hall–Kier alpha value is -3.09. The lowest BCUT2D eigenvalue weighted by molar-refractivity contribution is -0.135. The largest absolute Gasteiger partial charge is 0.336 e. The molecule has 5 rings (SSSR count). The molecule has 148 valence electrons. The first-order valence-corrected chi connectivity index (χ1v) is 10.1. The van der Waals surface area contributed by atoms with Crippen molar-refractivity contribution >= 4 is 5.91 Å². The van der Waals surface area contributed by atoms with Gasteiger partial charge in [0.1, 0.15) is 12.1 Å². The summed E-state index contributed by atoms with van der Waals surface area (Å²) in [5.74, 6) is 0.411. The van der Waals surface area contributed by atoms with Crippen molar-refractivity contribution in [3.05, 3.63) is 71.8 Å². The Labute approximate surface area is 168 Å². The van der Waals surface area contributed by atoms with E-state index in [-0.39, 0.29) is 23.8 Å². The Morgan fingerprint density at radius 2 is 1.69 bits per heavy atom. The van der Waals surface area contributed by atoms with E-state index >= 15 is 0 Å². The molecule has 2 fully saturated rings. The number of amides is 1. The fourth-order valence-corrected chi connectivity index (χ4v) is 4.90. The van der Waals surface area contributed by atoms with Crippen LogP contribution in [-0.2, 0) is 11.2 Å². The van der Waals surface area contributed by atoms with E-state index in [0.717, 1.165) is 36.9 Å². The van der Waals surface area contributed by atoms with Crippen LogP contribution in [-0.4, -0.2) is 43.1 Å². The highest BCUT2D eigenvalue weighted by molar-refractivity contribution is 5.80. The van der Waals surface area contributed by atoms with Crippen LogP contribution in [0.5, 0.6) is 0 Å². The van der Waals surface area contributed by atoms with Crippen LogP contribution in [0.15, 0.2) is 54.9 Å². The van der Waals surface area contributed by atoms with Gasteiger partial charge in [-0.25, -0.2) is 9.07 Å². The summed E-state index contributed by atoms with van der Waals surface area (Å²) in [4.78, 5) is 15.2. The highest BCUT2D eigenvalue weighted by Crippen LogP contribution is 2.43. The Bertz CT molecular complexity index is 973. The summed E-state index contributed by atoms with van der Waals surface area (Å²) < 4.78 is 14.8. The Kier molecular flexibility index (Phi) is 4.58. The van der Waals surface area contributed by atoms with E-state index < -0.39 is 0 Å². The second kappa shape index (κ2) is 7.39. The first-order chi connectivity index (χ1) is 14.2.